The molecule has 0 aliphatic carbocycles. The first-order valence-electron chi connectivity index (χ1n) is 4.68. The Hall–Kier alpha value is -0.920. The lowest BCUT2D eigenvalue weighted by Crippen LogP contribution is -2.39. The van der Waals surface area contributed by atoms with Gasteiger partial charge in [-0.05, 0) is 25.5 Å². The van der Waals surface area contributed by atoms with Crippen LogP contribution in [0.2, 0.25) is 0 Å². The molecule has 90 valence electrons. The average Bonchev–Trinajstić information content (AvgIpc) is 2.61. The predicted molar refractivity (Wildman–Crippen MR) is 61.1 cm³/mol. The van der Waals surface area contributed by atoms with Gasteiger partial charge in [0.05, 0.1) is 0 Å². The number of thiophene rings is 1. The first-order valence-corrected chi connectivity index (χ1v) is 6.98. The van der Waals surface area contributed by atoms with Crippen molar-refractivity contribution < 1.29 is 18.3 Å². The van der Waals surface area contributed by atoms with Gasteiger partial charge in [0, 0.05) is 4.88 Å². The number of sulfonamides is 1. The van der Waals surface area contributed by atoms with E-state index in [0.717, 1.165) is 16.2 Å². The molecule has 5 nitrogen and oxygen atoms in total. The number of carboxylic acids is 1. The standard InChI is InChI=1S/C9H13NO4S2/c1-3-7(9(11)12)10-16(13,14)8-5-4-6(2)15-8/h4-5,7,10H,3H2,1-2H3,(H,11,12)/t7-/m1/s1. The van der Waals surface area contributed by atoms with Crippen LogP contribution in [-0.2, 0) is 14.8 Å². The number of nitrogens with one attached hydrogen (secondary N) is 1. The van der Waals surface area contributed by atoms with Crippen molar-refractivity contribution in [3.05, 3.63) is 17.0 Å². The van der Waals surface area contributed by atoms with E-state index in [2.05, 4.69) is 4.72 Å². The topological polar surface area (TPSA) is 83.5 Å². The van der Waals surface area contributed by atoms with Gasteiger partial charge in [-0.25, -0.2) is 8.42 Å². The maximum Gasteiger partial charge on any atom is 0.321 e. The van der Waals surface area contributed by atoms with E-state index in [-0.39, 0.29) is 10.6 Å². The van der Waals surface area contributed by atoms with Gasteiger partial charge in [0.2, 0.25) is 0 Å². The molecule has 0 spiro atoms. The summed E-state index contributed by atoms with van der Waals surface area (Å²) in [6, 6.07) is 2.07. The van der Waals surface area contributed by atoms with Crippen LogP contribution < -0.4 is 4.72 Å². The molecule has 1 heterocycles. The van der Waals surface area contributed by atoms with E-state index >= 15 is 0 Å². The van der Waals surface area contributed by atoms with Crippen LogP contribution in [0.15, 0.2) is 16.3 Å². The average molecular weight is 263 g/mol. The molecule has 7 heteroatoms. The highest BCUT2D eigenvalue weighted by Gasteiger charge is 2.24. The summed E-state index contributed by atoms with van der Waals surface area (Å²) in [6.07, 6.45) is 0.207. The summed E-state index contributed by atoms with van der Waals surface area (Å²) in [5.74, 6) is -1.17. The summed E-state index contributed by atoms with van der Waals surface area (Å²) in [6.45, 7) is 3.40. The number of rotatable bonds is 5. The minimum Gasteiger partial charge on any atom is -0.480 e. The fraction of sp³-hybridized carbons (Fsp3) is 0.444. The molecule has 16 heavy (non-hydrogen) atoms. The maximum absolute atomic E-state index is 11.8. The third kappa shape index (κ3) is 3.03. The second-order valence-corrected chi connectivity index (χ2v) is 6.51. The van der Waals surface area contributed by atoms with Crippen molar-refractivity contribution in [1.82, 2.24) is 4.72 Å². The Morgan fingerprint density at radius 2 is 2.19 bits per heavy atom. The molecule has 0 aromatic carbocycles. The zero-order valence-corrected chi connectivity index (χ0v) is 10.6. The summed E-state index contributed by atoms with van der Waals surface area (Å²) in [5.41, 5.74) is 0. The van der Waals surface area contributed by atoms with E-state index in [0.29, 0.717) is 0 Å². The molecular weight excluding hydrogens is 250 g/mol. The van der Waals surface area contributed by atoms with Crippen molar-refractivity contribution in [2.75, 3.05) is 0 Å². The lowest BCUT2D eigenvalue weighted by molar-refractivity contribution is -0.139. The lowest BCUT2D eigenvalue weighted by Gasteiger charge is -2.11. The van der Waals surface area contributed by atoms with E-state index in [9.17, 15) is 13.2 Å². The Morgan fingerprint density at radius 3 is 2.56 bits per heavy atom. The Bertz CT molecular complexity index is 477. The number of aryl methyl sites for hydroxylation is 1. The van der Waals surface area contributed by atoms with E-state index < -0.39 is 22.0 Å². The maximum atomic E-state index is 11.8. The predicted octanol–water partition coefficient (Wildman–Crippen LogP) is 1.20. The van der Waals surface area contributed by atoms with E-state index in [1.807, 2.05) is 0 Å². The summed E-state index contributed by atoms with van der Waals surface area (Å²) in [4.78, 5) is 11.6. The minimum absolute atomic E-state index is 0.143. The number of carbonyl (C=O) groups is 1. The molecule has 0 unspecified atom stereocenters. The molecule has 0 saturated carbocycles. The van der Waals surface area contributed by atoms with Crippen molar-refractivity contribution in [3.8, 4) is 0 Å². The number of hydrogen-bond acceptors (Lipinski definition) is 4. The summed E-state index contributed by atoms with van der Waals surface area (Å²) in [5, 5.41) is 8.77. The highest BCUT2D eigenvalue weighted by atomic mass is 32.2. The van der Waals surface area contributed by atoms with Crippen LogP contribution in [0.1, 0.15) is 18.2 Å². The van der Waals surface area contributed by atoms with Crippen LogP contribution in [0.5, 0.6) is 0 Å². The van der Waals surface area contributed by atoms with Crippen molar-refractivity contribution in [2.45, 2.75) is 30.5 Å². The van der Waals surface area contributed by atoms with E-state index in [4.69, 9.17) is 5.11 Å². The number of aliphatic carboxylic acids is 1. The Kier molecular flexibility index (Phi) is 4.06. The lowest BCUT2D eigenvalue weighted by atomic mass is 10.2. The van der Waals surface area contributed by atoms with Crippen molar-refractivity contribution in [3.63, 3.8) is 0 Å². The normalized spacial score (nSPS) is 13.6. The fourth-order valence-corrected chi connectivity index (χ4v) is 3.68. The highest BCUT2D eigenvalue weighted by Crippen LogP contribution is 2.20. The molecule has 1 aromatic rings. The first kappa shape index (κ1) is 13.1. The smallest absolute Gasteiger partial charge is 0.321 e. The number of carboxylic acid groups (broad SMARTS) is 1. The monoisotopic (exact) mass is 263 g/mol. The Balaban J connectivity index is 2.91. The molecule has 0 fully saturated rings. The van der Waals surface area contributed by atoms with Gasteiger partial charge in [-0.15, -0.1) is 11.3 Å². The Morgan fingerprint density at radius 1 is 1.56 bits per heavy atom. The quantitative estimate of drug-likeness (QED) is 0.836. The minimum atomic E-state index is -3.71. The van der Waals surface area contributed by atoms with Gasteiger partial charge in [-0.1, -0.05) is 6.92 Å². The fourth-order valence-electron chi connectivity index (χ4n) is 1.11. The zero-order valence-electron chi connectivity index (χ0n) is 8.93. The third-order valence-corrected chi connectivity index (χ3v) is 4.95. The third-order valence-electron chi connectivity index (χ3n) is 1.98. The van der Waals surface area contributed by atoms with Crippen LogP contribution in [0.25, 0.3) is 0 Å². The van der Waals surface area contributed by atoms with Crippen LogP contribution in [0, 0.1) is 6.92 Å². The van der Waals surface area contributed by atoms with Gasteiger partial charge in [0.25, 0.3) is 10.0 Å². The molecule has 0 radical (unpaired) electrons. The second kappa shape index (κ2) is 4.94. The Labute approximate surface area is 98.2 Å². The van der Waals surface area contributed by atoms with Crippen LogP contribution >= 0.6 is 11.3 Å². The van der Waals surface area contributed by atoms with Crippen molar-refractivity contribution in [2.24, 2.45) is 0 Å². The van der Waals surface area contributed by atoms with Crippen molar-refractivity contribution >= 4 is 27.3 Å². The molecule has 0 saturated heterocycles. The molecule has 0 aliphatic rings. The SMILES string of the molecule is CC[C@@H](NS(=O)(=O)c1ccc(C)s1)C(=O)O. The van der Waals surface area contributed by atoms with Crippen LogP contribution in [-0.4, -0.2) is 25.5 Å². The van der Waals surface area contributed by atoms with Gasteiger partial charge < -0.3 is 5.11 Å². The molecule has 2 N–H and O–H groups in total. The van der Waals surface area contributed by atoms with E-state index in [1.165, 1.54) is 6.07 Å². The van der Waals surface area contributed by atoms with Crippen LogP contribution in [0.4, 0.5) is 0 Å². The summed E-state index contributed by atoms with van der Waals surface area (Å²) in [7, 11) is -3.71. The summed E-state index contributed by atoms with van der Waals surface area (Å²) >= 11 is 1.12. The molecule has 0 amide bonds. The molecular formula is C9H13NO4S2. The zero-order chi connectivity index (χ0) is 12.3. The van der Waals surface area contributed by atoms with Gasteiger partial charge in [-0.3, -0.25) is 4.79 Å². The molecule has 0 bridgehead atoms. The molecule has 1 atom stereocenters. The largest absolute Gasteiger partial charge is 0.480 e. The van der Waals surface area contributed by atoms with Crippen LogP contribution in [0.3, 0.4) is 0 Å². The molecule has 1 rings (SSSR count). The highest BCUT2D eigenvalue weighted by molar-refractivity contribution is 7.91. The van der Waals surface area contributed by atoms with Crippen molar-refractivity contribution in [1.29, 1.82) is 0 Å². The molecule has 0 aliphatic heterocycles. The first-order chi connectivity index (χ1) is 7.36. The summed E-state index contributed by atoms with van der Waals surface area (Å²) < 4.78 is 25.8. The molecule has 1 aromatic heterocycles. The van der Waals surface area contributed by atoms with Gasteiger partial charge in [0.1, 0.15) is 10.3 Å². The van der Waals surface area contributed by atoms with Gasteiger partial charge in [-0.2, -0.15) is 4.72 Å². The second-order valence-electron chi connectivity index (χ2n) is 3.29. The van der Waals surface area contributed by atoms with Gasteiger partial charge in [0.15, 0.2) is 0 Å². The van der Waals surface area contributed by atoms with Gasteiger partial charge >= 0.3 is 5.97 Å². The van der Waals surface area contributed by atoms with E-state index in [1.54, 1.807) is 19.9 Å². The number of hydrogen-bond donors (Lipinski definition) is 2.